The standard InChI is InChI=1S/C21H21N5OS/c1-13-10-14-11-15(2-3-16(14)24-13)25-17-4-5-23-18-12-19(28-20(17)18)21(27)26-8-6-22-7-9-26/h2-5,10-12,22,24H,6-9H2,1H3,(H,23,25). The number of thiophene rings is 1. The Balaban J connectivity index is 1.47. The van der Waals surface area contributed by atoms with Crippen molar-refractivity contribution < 1.29 is 4.79 Å². The SMILES string of the molecule is Cc1cc2cc(Nc3ccnc4cc(C(=O)N5CCNCC5)sc34)ccc2[nH]1. The molecule has 1 fully saturated rings. The summed E-state index contributed by atoms with van der Waals surface area (Å²) in [5.74, 6) is 0.0969. The molecule has 0 saturated carbocycles. The number of anilines is 2. The summed E-state index contributed by atoms with van der Waals surface area (Å²) in [6, 6.07) is 12.3. The van der Waals surface area contributed by atoms with Crippen LogP contribution in [0.3, 0.4) is 0 Å². The van der Waals surface area contributed by atoms with Crippen LogP contribution in [0.15, 0.2) is 42.6 Å². The van der Waals surface area contributed by atoms with Crippen LogP contribution in [0.25, 0.3) is 21.1 Å². The summed E-state index contributed by atoms with van der Waals surface area (Å²) in [4.78, 5) is 23.3. The number of aromatic amines is 1. The van der Waals surface area contributed by atoms with Crippen molar-refractivity contribution in [2.45, 2.75) is 6.92 Å². The van der Waals surface area contributed by atoms with Crippen molar-refractivity contribution in [1.82, 2.24) is 20.2 Å². The van der Waals surface area contributed by atoms with Gasteiger partial charge in [0.2, 0.25) is 0 Å². The molecule has 6 nitrogen and oxygen atoms in total. The van der Waals surface area contributed by atoms with Crippen molar-refractivity contribution in [3.05, 3.63) is 53.2 Å². The maximum atomic E-state index is 12.8. The Kier molecular flexibility index (Phi) is 4.26. The van der Waals surface area contributed by atoms with Crippen LogP contribution in [0.4, 0.5) is 11.4 Å². The molecule has 4 aromatic rings. The van der Waals surface area contributed by atoms with Crippen molar-refractivity contribution in [3.8, 4) is 0 Å². The molecule has 0 atom stereocenters. The largest absolute Gasteiger partial charge is 0.359 e. The Labute approximate surface area is 166 Å². The topological polar surface area (TPSA) is 73.1 Å². The molecular weight excluding hydrogens is 370 g/mol. The van der Waals surface area contributed by atoms with Crippen LogP contribution in [-0.2, 0) is 0 Å². The zero-order chi connectivity index (χ0) is 19.1. The molecule has 0 radical (unpaired) electrons. The normalized spacial score (nSPS) is 14.7. The number of aromatic nitrogens is 2. The number of rotatable bonds is 3. The molecule has 3 aromatic heterocycles. The van der Waals surface area contributed by atoms with Crippen LogP contribution in [-0.4, -0.2) is 47.0 Å². The van der Waals surface area contributed by atoms with Gasteiger partial charge in [-0.3, -0.25) is 9.78 Å². The number of nitrogens with one attached hydrogen (secondary N) is 3. The van der Waals surface area contributed by atoms with E-state index in [0.717, 1.165) is 63.9 Å². The second kappa shape index (κ2) is 6.92. The Morgan fingerprint density at radius 2 is 2.04 bits per heavy atom. The number of fused-ring (bicyclic) bond motifs is 2. The van der Waals surface area contributed by atoms with Gasteiger partial charge in [-0.1, -0.05) is 0 Å². The summed E-state index contributed by atoms with van der Waals surface area (Å²) in [6.45, 7) is 5.26. The Hall–Kier alpha value is -2.90. The number of pyridine rings is 1. The van der Waals surface area contributed by atoms with Gasteiger partial charge in [0.15, 0.2) is 0 Å². The summed E-state index contributed by atoms with van der Waals surface area (Å²) in [5, 5.41) is 7.96. The second-order valence-corrected chi connectivity index (χ2v) is 8.16. The quantitative estimate of drug-likeness (QED) is 0.496. The first kappa shape index (κ1) is 17.2. The lowest BCUT2D eigenvalue weighted by atomic mass is 10.2. The van der Waals surface area contributed by atoms with Crippen molar-refractivity contribution in [2.24, 2.45) is 0 Å². The molecule has 1 aliphatic heterocycles. The van der Waals surface area contributed by atoms with Gasteiger partial charge in [0.05, 0.1) is 20.8 Å². The van der Waals surface area contributed by atoms with E-state index in [4.69, 9.17) is 0 Å². The highest BCUT2D eigenvalue weighted by atomic mass is 32.1. The van der Waals surface area contributed by atoms with Gasteiger partial charge in [-0.2, -0.15) is 0 Å². The number of nitrogens with zero attached hydrogens (tertiary/aromatic N) is 2. The fourth-order valence-electron chi connectivity index (χ4n) is 3.68. The van der Waals surface area contributed by atoms with E-state index in [1.807, 2.05) is 17.0 Å². The van der Waals surface area contributed by atoms with Gasteiger partial charge in [0.25, 0.3) is 5.91 Å². The third-order valence-corrected chi connectivity index (χ3v) is 6.21. The number of aryl methyl sites for hydroxylation is 1. The van der Waals surface area contributed by atoms with E-state index < -0.39 is 0 Å². The number of piperazine rings is 1. The van der Waals surface area contributed by atoms with Crippen molar-refractivity contribution in [2.75, 3.05) is 31.5 Å². The average molecular weight is 392 g/mol. The van der Waals surface area contributed by atoms with Crippen LogP contribution < -0.4 is 10.6 Å². The molecule has 5 rings (SSSR count). The minimum absolute atomic E-state index is 0.0969. The second-order valence-electron chi connectivity index (χ2n) is 7.11. The average Bonchev–Trinajstić information content (AvgIpc) is 3.31. The van der Waals surface area contributed by atoms with E-state index in [1.165, 1.54) is 16.7 Å². The highest BCUT2D eigenvalue weighted by Crippen LogP contribution is 2.33. The molecule has 0 bridgehead atoms. The number of benzene rings is 1. The van der Waals surface area contributed by atoms with Crippen LogP contribution in [0.1, 0.15) is 15.4 Å². The lowest BCUT2D eigenvalue weighted by Crippen LogP contribution is -2.46. The summed E-state index contributed by atoms with van der Waals surface area (Å²) >= 11 is 1.51. The number of hydrogen-bond donors (Lipinski definition) is 3. The van der Waals surface area contributed by atoms with Gasteiger partial charge in [-0.15, -0.1) is 11.3 Å². The maximum Gasteiger partial charge on any atom is 0.264 e. The van der Waals surface area contributed by atoms with Gasteiger partial charge >= 0.3 is 0 Å². The van der Waals surface area contributed by atoms with Gasteiger partial charge < -0.3 is 20.5 Å². The number of hydrogen-bond acceptors (Lipinski definition) is 5. The lowest BCUT2D eigenvalue weighted by molar-refractivity contribution is 0.0741. The molecule has 28 heavy (non-hydrogen) atoms. The van der Waals surface area contributed by atoms with Crippen molar-refractivity contribution in [1.29, 1.82) is 0 Å². The van der Waals surface area contributed by atoms with E-state index >= 15 is 0 Å². The molecular formula is C21H21N5OS. The van der Waals surface area contributed by atoms with E-state index in [9.17, 15) is 4.79 Å². The molecule has 1 aromatic carbocycles. The fraction of sp³-hybridized carbons (Fsp3) is 0.238. The minimum Gasteiger partial charge on any atom is -0.359 e. The van der Waals surface area contributed by atoms with Crippen LogP contribution in [0.2, 0.25) is 0 Å². The molecule has 1 saturated heterocycles. The number of carbonyl (C=O) groups is 1. The first-order chi connectivity index (χ1) is 13.7. The van der Waals surface area contributed by atoms with E-state index in [0.29, 0.717) is 0 Å². The van der Waals surface area contributed by atoms with Gasteiger partial charge in [0, 0.05) is 54.7 Å². The minimum atomic E-state index is 0.0969. The zero-order valence-corrected chi connectivity index (χ0v) is 16.4. The number of carbonyl (C=O) groups excluding carboxylic acids is 1. The predicted octanol–water partition coefficient (Wildman–Crippen LogP) is 3.88. The highest BCUT2D eigenvalue weighted by molar-refractivity contribution is 7.21. The molecule has 3 N–H and O–H groups in total. The highest BCUT2D eigenvalue weighted by Gasteiger charge is 2.21. The molecule has 1 aliphatic rings. The zero-order valence-electron chi connectivity index (χ0n) is 15.6. The predicted molar refractivity (Wildman–Crippen MR) is 115 cm³/mol. The van der Waals surface area contributed by atoms with Gasteiger partial charge in [0.1, 0.15) is 0 Å². The number of H-pyrrole nitrogens is 1. The molecule has 1 amide bonds. The molecule has 0 aliphatic carbocycles. The Bertz CT molecular complexity index is 1170. The van der Waals surface area contributed by atoms with Crippen LogP contribution in [0, 0.1) is 6.92 Å². The monoisotopic (exact) mass is 391 g/mol. The molecule has 142 valence electrons. The maximum absolute atomic E-state index is 12.8. The molecule has 0 spiro atoms. The molecule has 0 unspecified atom stereocenters. The van der Waals surface area contributed by atoms with Crippen molar-refractivity contribution in [3.63, 3.8) is 0 Å². The smallest absolute Gasteiger partial charge is 0.264 e. The first-order valence-corrected chi connectivity index (χ1v) is 10.2. The number of amides is 1. The summed E-state index contributed by atoms with van der Waals surface area (Å²) in [5.41, 5.74) is 5.12. The van der Waals surface area contributed by atoms with E-state index in [1.54, 1.807) is 6.20 Å². The lowest BCUT2D eigenvalue weighted by Gasteiger charge is -2.26. The Morgan fingerprint density at radius 1 is 1.18 bits per heavy atom. The van der Waals surface area contributed by atoms with E-state index in [-0.39, 0.29) is 5.91 Å². The summed E-state index contributed by atoms with van der Waals surface area (Å²) in [6.07, 6.45) is 1.79. The van der Waals surface area contributed by atoms with Crippen molar-refractivity contribution >= 4 is 49.7 Å². The van der Waals surface area contributed by atoms with E-state index in [2.05, 4.69) is 51.8 Å². The fourth-order valence-corrected chi connectivity index (χ4v) is 4.73. The summed E-state index contributed by atoms with van der Waals surface area (Å²) in [7, 11) is 0. The van der Waals surface area contributed by atoms with Gasteiger partial charge in [-0.25, -0.2) is 0 Å². The molecule has 7 heteroatoms. The van der Waals surface area contributed by atoms with Crippen LogP contribution >= 0.6 is 11.3 Å². The Morgan fingerprint density at radius 3 is 2.89 bits per heavy atom. The van der Waals surface area contributed by atoms with Crippen LogP contribution in [0.5, 0.6) is 0 Å². The first-order valence-electron chi connectivity index (χ1n) is 9.42. The summed E-state index contributed by atoms with van der Waals surface area (Å²) < 4.78 is 1.01. The third kappa shape index (κ3) is 3.12. The molecule has 4 heterocycles. The third-order valence-electron chi connectivity index (χ3n) is 5.06. The van der Waals surface area contributed by atoms with Gasteiger partial charge in [-0.05, 0) is 43.3 Å².